The molecule has 5 atom stereocenters. The number of esters is 1. The first kappa shape index (κ1) is 32.6. The minimum absolute atomic E-state index is 0.119. The summed E-state index contributed by atoms with van der Waals surface area (Å²) in [6, 6.07) is 7.12. The van der Waals surface area contributed by atoms with Crippen molar-refractivity contribution in [1.82, 2.24) is 10.2 Å². The zero-order valence-corrected chi connectivity index (χ0v) is 25.6. The molecule has 3 rings (SSSR count). The summed E-state index contributed by atoms with van der Waals surface area (Å²) in [6.45, 7) is 6.77. The van der Waals surface area contributed by atoms with Crippen LogP contribution in [0.3, 0.4) is 0 Å². The molecule has 1 aliphatic heterocycles. The van der Waals surface area contributed by atoms with Crippen LogP contribution < -0.4 is 15.8 Å². The van der Waals surface area contributed by atoms with E-state index in [-0.39, 0.29) is 23.8 Å². The fraction of sp³-hybridized carbons (Fsp3) is 0.667. The van der Waals surface area contributed by atoms with E-state index in [2.05, 4.69) is 41.7 Å². The number of ether oxygens (including phenoxy) is 3. The van der Waals surface area contributed by atoms with Crippen molar-refractivity contribution in [2.45, 2.75) is 96.7 Å². The van der Waals surface area contributed by atoms with Crippen molar-refractivity contribution < 1.29 is 28.6 Å². The Morgan fingerprint density at radius 2 is 1.61 bits per heavy atom. The minimum Gasteiger partial charge on any atom is -0.467 e. The fourth-order valence-corrected chi connectivity index (χ4v) is 5.85. The maximum absolute atomic E-state index is 13.4. The molecular formula is C33H50N2O6. The number of unbranched alkanes of at least 4 members (excludes halogenated alkanes) is 5. The van der Waals surface area contributed by atoms with Gasteiger partial charge in [-0.05, 0) is 54.0 Å². The van der Waals surface area contributed by atoms with Gasteiger partial charge in [0.05, 0.1) is 19.8 Å². The van der Waals surface area contributed by atoms with E-state index in [0.29, 0.717) is 25.5 Å². The molecule has 1 aliphatic carbocycles. The number of benzene rings is 1. The van der Waals surface area contributed by atoms with Crippen LogP contribution in [0, 0.1) is 17.8 Å². The first-order valence-corrected chi connectivity index (χ1v) is 15.4. The van der Waals surface area contributed by atoms with Crippen molar-refractivity contribution in [3.05, 3.63) is 34.7 Å². The van der Waals surface area contributed by atoms with E-state index < -0.39 is 24.1 Å². The van der Waals surface area contributed by atoms with Crippen LogP contribution in [0.2, 0.25) is 0 Å². The monoisotopic (exact) mass is 570 g/mol. The minimum atomic E-state index is -0.752. The number of nitrogens with zero attached hydrogens (tertiary/aromatic N) is 1. The van der Waals surface area contributed by atoms with Crippen LogP contribution in [-0.2, 0) is 23.8 Å². The number of hydrogen-bond donors (Lipinski definition) is 1. The molecular weight excluding hydrogens is 520 g/mol. The Kier molecular flexibility index (Phi) is 13.2. The smallest absolute Gasteiger partial charge is 0.407 e. The summed E-state index contributed by atoms with van der Waals surface area (Å²) in [5.41, 5.74) is 0. The second-order valence-corrected chi connectivity index (χ2v) is 11.8. The van der Waals surface area contributed by atoms with Gasteiger partial charge in [-0.2, -0.15) is 0 Å². The lowest BCUT2D eigenvalue weighted by molar-refractivity contribution is -0.152. The van der Waals surface area contributed by atoms with Crippen molar-refractivity contribution in [3.63, 3.8) is 0 Å². The van der Waals surface area contributed by atoms with Crippen LogP contribution in [0.1, 0.15) is 78.6 Å². The predicted octanol–water partition coefficient (Wildman–Crippen LogP) is 4.17. The van der Waals surface area contributed by atoms with E-state index >= 15 is 0 Å². The molecule has 41 heavy (non-hydrogen) atoms. The molecule has 0 radical (unpaired) electrons. The zero-order valence-electron chi connectivity index (χ0n) is 25.6. The highest BCUT2D eigenvalue weighted by atomic mass is 16.5. The molecule has 1 aromatic carbocycles. The second kappa shape index (κ2) is 16.5. The van der Waals surface area contributed by atoms with Gasteiger partial charge in [-0.25, -0.2) is 9.59 Å². The number of fused-ring (bicyclic) bond motifs is 1. The van der Waals surface area contributed by atoms with Gasteiger partial charge in [-0.3, -0.25) is 4.79 Å². The number of hydrogen-bond acceptors (Lipinski definition) is 6. The Morgan fingerprint density at radius 3 is 2.27 bits per heavy atom. The summed E-state index contributed by atoms with van der Waals surface area (Å²) in [4.78, 5) is 39.7. The Bertz CT molecular complexity index is 1120. The van der Waals surface area contributed by atoms with E-state index in [9.17, 15) is 14.4 Å². The Hall–Kier alpha value is -2.87. The standard InChI is InChI=1S/C33H50N2O6/c1-23(2)24(3)30(31(36)35-19-14-18-28(35)32(37)40-5)34-33(38)41-20-13-9-7-6-8-10-17-27-21-25-15-11-12-16-26(25)22-29(27)39-4/h11-12,15-16,21-24,27-30H,6-10,13-14,17-20H2,1-5H3,(H,34,38). The molecule has 0 aromatic heterocycles. The Labute approximate surface area is 245 Å². The normalized spacial score (nSPS) is 21.3. The summed E-state index contributed by atoms with van der Waals surface area (Å²) in [6.07, 6.45) is 12.9. The average molecular weight is 571 g/mol. The molecule has 0 bridgehead atoms. The SMILES string of the molecule is COC(=O)C1CCCN1C(=O)C(NC(=O)OCCCCCCCCC1C=c2ccccc2=CC1OC)C(C)C(C)C. The van der Waals surface area contributed by atoms with Gasteiger partial charge in [-0.1, -0.05) is 83.2 Å². The van der Waals surface area contributed by atoms with Crippen molar-refractivity contribution in [1.29, 1.82) is 0 Å². The second-order valence-electron chi connectivity index (χ2n) is 11.8. The van der Waals surface area contributed by atoms with Gasteiger partial charge in [0.1, 0.15) is 12.1 Å². The van der Waals surface area contributed by atoms with Crippen molar-refractivity contribution in [2.75, 3.05) is 27.4 Å². The number of alkyl carbamates (subject to hydrolysis) is 1. The molecule has 8 nitrogen and oxygen atoms in total. The Morgan fingerprint density at radius 1 is 0.951 bits per heavy atom. The third-order valence-corrected chi connectivity index (χ3v) is 8.72. The first-order chi connectivity index (χ1) is 19.8. The number of methoxy groups -OCH3 is 2. The molecule has 1 fully saturated rings. The summed E-state index contributed by atoms with van der Waals surface area (Å²) >= 11 is 0. The first-order valence-electron chi connectivity index (χ1n) is 15.4. The highest BCUT2D eigenvalue weighted by molar-refractivity contribution is 5.90. The summed E-state index contributed by atoms with van der Waals surface area (Å²) in [5, 5.41) is 5.35. The fourth-order valence-electron chi connectivity index (χ4n) is 5.85. The van der Waals surface area contributed by atoms with Crippen LogP contribution in [0.15, 0.2) is 24.3 Å². The molecule has 2 amide bonds. The molecule has 8 heteroatoms. The van der Waals surface area contributed by atoms with E-state index in [1.807, 2.05) is 20.8 Å². The van der Waals surface area contributed by atoms with Gasteiger partial charge < -0.3 is 24.4 Å². The number of carbonyl (C=O) groups excluding carboxylic acids is 3. The van der Waals surface area contributed by atoms with Crippen LogP contribution in [0.25, 0.3) is 12.2 Å². The van der Waals surface area contributed by atoms with Crippen LogP contribution in [0.4, 0.5) is 4.79 Å². The quantitative estimate of drug-likeness (QED) is 0.251. The van der Waals surface area contributed by atoms with Gasteiger partial charge >= 0.3 is 12.1 Å². The number of nitrogens with one attached hydrogen (secondary N) is 1. The van der Waals surface area contributed by atoms with Gasteiger partial charge in [0.2, 0.25) is 5.91 Å². The average Bonchev–Trinajstić information content (AvgIpc) is 3.47. The number of amides is 2. The lowest BCUT2D eigenvalue weighted by atomic mass is 9.89. The van der Waals surface area contributed by atoms with Gasteiger partial charge in [-0.15, -0.1) is 0 Å². The molecule has 1 aromatic rings. The summed E-state index contributed by atoms with van der Waals surface area (Å²) in [7, 11) is 3.12. The number of likely N-dealkylation sites (tertiary alicyclic amines) is 1. The lowest BCUT2D eigenvalue weighted by Gasteiger charge is -2.32. The maximum Gasteiger partial charge on any atom is 0.407 e. The highest BCUT2D eigenvalue weighted by Gasteiger charge is 2.40. The molecule has 0 spiro atoms. The van der Waals surface area contributed by atoms with Gasteiger partial charge in [0, 0.05) is 19.6 Å². The largest absolute Gasteiger partial charge is 0.467 e. The van der Waals surface area contributed by atoms with Gasteiger partial charge in [0.25, 0.3) is 0 Å². The van der Waals surface area contributed by atoms with Crippen molar-refractivity contribution in [2.24, 2.45) is 17.8 Å². The zero-order chi connectivity index (χ0) is 29.8. The predicted molar refractivity (Wildman–Crippen MR) is 160 cm³/mol. The number of carbonyl (C=O) groups is 3. The molecule has 1 saturated heterocycles. The number of rotatable bonds is 15. The van der Waals surface area contributed by atoms with E-state index in [4.69, 9.17) is 14.2 Å². The van der Waals surface area contributed by atoms with Crippen molar-refractivity contribution in [3.8, 4) is 0 Å². The summed E-state index contributed by atoms with van der Waals surface area (Å²) in [5.74, 6) is -0.209. The van der Waals surface area contributed by atoms with Crippen LogP contribution >= 0.6 is 0 Å². The van der Waals surface area contributed by atoms with E-state index in [1.54, 1.807) is 12.0 Å². The molecule has 2 aliphatic rings. The molecule has 1 N–H and O–H groups in total. The third-order valence-electron chi connectivity index (χ3n) is 8.72. The molecule has 228 valence electrons. The summed E-state index contributed by atoms with van der Waals surface area (Å²) < 4.78 is 16.1. The van der Waals surface area contributed by atoms with Gasteiger partial charge in [0.15, 0.2) is 0 Å². The Balaban J connectivity index is 1.34. The molecule has 1 heterocycles. The van der Waals surface area contributed by atoms with Crippen LogP contribution in [0.5, 0.6) is 0 Å². The van der Waals surface area contributed by atoms with E-state index in [1.165, 1.54) is 24.0 Å². The maximum atomic E-state index is 13.4. The lowest BCUT2D eigenvalue weighted by Crippen LogP contribution is -2.55. The van der Waals surface area contributed by atoms with Crippen molar-refractivity contribution >= 4 is 30.1 Å². The third kappa shape index (κ3) is 9.32. The molecule has 5 unspecified atom stereocenters. The molecule has 0 saturated carbocycles. The van der Waals surface area contributed by atoms with Crippen LogP contribution in [-0.4, -0.2) is 68.4 Å². The van der Waals surface area contributed by atoms with E-state index in [0.717, 1.165) is 44.9 Å². The highest BCUT2D eigenvalue weighted by Crippen LogP contribution is 2.24. The topological polar surface area (TPSA) is 94.2 Å².